The van der Waals surface area contributed by atoms with Crippen molar-refractivity contribution in [3.05, 3.63) is 29.3 Å². The van der Waals surface area contributed by atoms with Crippen LogP contribution in [0.15, 0.2) is 28.1 Å². The van der Waals surface area contributed by atoms with E-state index in [0.717, 1.165) is 25.0 Å². The Morgan fingerprint density at radius 2 is 2.04 bits per heavy atom. The Hall–Kier alpha value is -0.470. The number of aryl methyl sites for hydroxylation is 1. The Kier molecular flexibility index (Phi) is 10.2. The molecule has 25 heavy (non-hydrogen) atoms. The van der Waals surface area contributed by atoms with Gasteiger partial charge in [-0.2, -0.15) is 0 Å². The van der Waals surface area contributed by atoms with E-state index in [4.69, 9.17) is 4.99 Å². The van der Waals surface area contributed by atoms with Gasteiger partial charge in [0.1, 0.15) is 0 Å². The average Bonchev–Trinajstić information content (AvgIpc) is 3.38. The Balaban J connectivity index is 0.00000312. The van der Waals surface area contributed by atoms with E-state index in [0.29, 0.717) is 12.6 Å². The summed E-state index contributed by atoms with van der Waals surface area (Å²) in [5, 5.41) is 6.90. The van der Waals surface area contributed by atoms with Crippen molar-refractivity contribution in [1.29, 1.82) is 0 Å². The maximum Gasteiger partial charge on any atom is 0.191 e. The van der Waals surface area contributed by atoms with Gasteiger partial charge in [0.05, 0.1) is 6.54 Å². The van der Waals surface area contributed by atoms with Crippen molar-refractivity contribution < 1.29 is 0 Å². The predicted octanol–water partition coefficient (Wildman–Crippen LogP) is 3.73. The second kappa shape index (κ2) is 11.3. The summed E-state index contributed by atoms with van der Waals surface area (Å²) in [6.45, 7) is 6.79. The van der Waals surface area contributed by atoms with Crippen LogP contribution in [0.5, 0.6) is 0 Å². The molecule has 1 aromatic rings. The van der Waals surface area contributed by atoms with Crippen molar-refractivity contribution >= 4 is 41.7 Å². The molecule has 1 aliphatic rings. The smallest absolute Gasteiger partial charge is 0.191 e. The largest absolute Gasteiger partial charge is 0.357 e. The third kappa shape index (κ3) is 7.35. The van der Waals surface area contributed by atoms with Crippen LogP contribution in [0.3, 0.4) is 0 Å². The first kappa shape index (κ1) is 22.6. The number of guanidine groups is 1. The third-order valence-corrected chi connectivity index (χ3v) is 5.32. The summed E-state index contributed by atoms with van der Waals surface area (Å²) in [5.41, 5.74) is 2.59. The van der Waals surface area contributed by atoms with E-state index in [-0.39, 0.29) is 24.0 Å². The lowest BCUT2D eigenvalue weighted by atomic mass is 10.1. The van der Waals surface area contributed by atoms with Crippen molar-refractivity contribution in [2.75, 3.05) is 33.4 Å². The Morgan fingerprint density at radius 3 is 2.60 bits per heavy atom. The summed E-state index contributed by atoms with van der Waals surface area (Å²) in [6, 6.07) is 7.20. The molecule has 1 fully saturated rings. The number of thioether (sulfide) groups is 1. The molecule has 4 nitrogen and oxygen atoms in total. The SMILES string of the molecule is CCNC(=NCc1ccc(C)cc1SC)NCC(C1CC1)N(C)C.I. The lowest BCUT2D eigenvalue weighted by Crippen LogP contribution is -2.46. The molecule has 1 saturated carbocycles. The number of aliphatic imine (C=N–C) groups is 1. The van der Waals surface area contributed by atoms with Crippen LogP contribution in [0.4, 0.5) is 0 Å². The van der Waals surface area contributed by atoms with Crippen molar-refractivity contribution in [3.8, 4) is 0 Å². The standard InChI is InChI=1S/C19H32N4S.HI/c1-6-20-19(22-13-17(23(3)4)15-9-10-15)21-12-16-8-7-14(2)11-18(16)24-5;/h7-8,11,15,17H,6,9-10,12-13H2,1-5H3,(H2,20,21,22);1H. The second-order valence-corrected chi connectivity index (χ2v) is 7.61. The molecule has 1 atom stereocenters. The summed E-state index contributed by atoms with van der Waals surface area (Å²) in [4.78, 5) is 8.45. The quantitative estimate of drug-likeness (QED) is 0.260. The fraction of sp³-hybridized carbons (Fsp3) is 0.632. The summed E-state index contributed by atoms with van der Waals surface area (Å²) in [5.74, 6) is 1.76. The van der Waals surface area contributed by atoms with Gasteiger partial charge in [0.2, 0.25) is 0 Å². The molecule has 1 aromatic carbocycles. The molecule has 0 radical (unpaired) electrons. The highest BCUT2D eigenvalue weighted by molar-refractivity contribution is 14.0. The minimum atomic E-state index is 0. The van der Waals surface area contributed by atoms with Gasteiger partial charge < -0.3 is 15.5 Å². The van der Waals surface area contributed by atoms with E-state index < -0.39 is 0 Å². The first-order chi connectivity index (χ1) is 11.5. The molecule has 0 aromatic heterocycles. The number of likely N-dealkylation sites (N-methyl/N-ethyl adjacent to an activating group) is 1. The van der Waals surface area contributed by atoms with Gasteiger partial charge >= 0.3 is 0 Å². The summed E-state index contributed by atoms with van der Waals surface area (Å²) in [7, 11) is 4.34. The number of hydrogen-bond acceptors (Lipinski definition) is 3. The van der Waals surface area contributed by atoms with Gasteiger partial charge in [0.15, 0.2) is 5.96 Å². The van der Waals surface area contributed by atoms with Crippen molar-refractivity contribution in [2.45, 2.75) is 44.2 Å². The van der Waals surface area contributed by atoms with Crippen LogP contribution >= 0.6 is 35.7 Å². The first-order valence-corrected chi connectivity index (χ1v) is 10.1. The van der Waals surface area contributed by atoms with E-state index in [1.54, 1.807) is 11.8 Å². The van der Waals surface area contributed by atoms with Gasteiger partial charge in [-0.1, -0.05) is 12.1 Å². The number of hydrogen-bond donors (Lipinski definition) is 2. The molecule has 1 unspecified atom stereocenters. The molecule has 0 bridgehead atoms. The zero-order valence-electron chi connectivity index (χ0n) is 16.1. The number of benzene rings is 1. The van der Waals surface area contributed by atoms with Crippen LogP contribution in [0, 0.1) is 12.8 Å². The van der Waals surface area contributed by atoms with Gasteiger partial charge in [-0.25, -0.2) is 4.99 Å². The van der Waals surface area contributed by atoms with Crippen LogP contribution in [0.1, 0.15) is 30.9 Å². The van der Waals surface area contributed by atoms with E-state index >= 15 is 0 Å². The van der Waals surface area contributed by atoms with Crippen molar-refractivity contribution in [3.63, 3.8) is 0 Å². The molecule has 142 valence electrons. The summed E-state index contributed by atoms with van der Waals surface area (Å²) >= 11 is 1.79. The number of rotatable bonds is 8. The topological polar surface area (TPSA) is 39.7 Å². The van der Waals surface area contributed by atoms with Crippen molar-refractivity contribution in [1.82, 2.24) is 15.5 Å². The van der Waals surface area contributed by atoms with Gasteiger partial charge in [-0.15, -0.1) is 35.7 Å². The lowest BCUT2D eigenvalue weighted by molar-refractivity contribution is 0.264. The molecule has 0 heterocycles. The van der Waals surface area contributed by atoms with Crippen molar-refractivity contribution in [2.24, 2.45) is 10.9 Å². The normalized spacial score (nSPS) is 15.7. The van der Waals surface area contributed by atoms with E-state index in [1.165, 1.54) is 28.9 Å². The molecular weight excluding hydrogens is 443 g/mol. The first-order valence-electron chi connectivity index (χ1n) is 8.87. The Bertz CT molecular complexity index is 556. The zero-order valence-corrected chi connectivity index (χ0v) is 19.3. The van der Waals surface area contributed by atoms with Gasteiger partial charge in [0.25, 0.3) is 0 Å². The predicted molar refractivity (Wildman–Crippen MR) is 121 cm³/mol. The minimum absolute atomic E-state index is 0. The molecule has 1 aliphatic carbocycles. The average molecular weight is 476 g/mol. The highest BCUT2D eigenvalue weighted by Gasteiger charge is 2.32. The van der Waals surface area contributed by atoms with Gasteiger partial charge in [-0.3, -0.25) is 0 Å². The van der Waals surface area contributed by atoms with Gasteiger partial charge in [-0.05, 0) is 70.2 Å². The molecule has 6 heteroatoms. The van der Waals surface area contributed by atoms with Crippen LogP contribution in [0.2, 0.25) is 0 Å². The maximum atomic E-state index is 4.80. The van der Waals surface area contributed by atoms with E-state index in [9.17, 15) is 0 Å². The zero-order chi connectivity index (χ0) is 17.5. The molecule has 0 aliphatic heterocycles. The highest BCUT2D eigenvalue weighted by atomic mass is 127. The van der Waals surface area contributed by atoms with Crippen LogP contribution in [-0.4, -0.2) is 50.3 Å². The maximum absolute atomic E-state index is 4.80. The molecule has 2 N–H and O–H groups in total. The Morgan fingerprint density at radius 1 is 1.32 bits per heavy atom. The lowest BCUT2D eigenvalue weighted by Gasteiger charge is -2.25. The summed E-state index contributed by atoms with van der Waals surface area (Å²) in [6.07, 6.45) is 4.85. The number of nitrogens with zero attached hydrogens (tertiary/aromatic N) is 2. The minimum Gasteiger partial charge on any atom is -0.357 e. The van der Waals surface area contributed by atoms with E-state index in [1.807, 2.05) is 0 Å². The fourth-order valence-corrected chi connectivity index (χ4v) is 3.64. The molecule has 0 spiro atoms. The molecule has 2 rings (SSSR count). The van der Waals surface area contributed by atoms with E-state index in [2.05, 4.69) is 67.9 Å². The Labute approximate surface area is 174 Å². The molecule has 0 saturated heterocycles. The van der Waals surface area contributed by atoms with Crippen LogP contribution < -0.4 is 10.6 Å². The monoisotopic (exact) mass is 476 g/mol. The molecule has 0 amide bonds. The fourth-order valence-electron chi connectivity index (χ4n) is 2.94. The summed E-state index contributed by atoms with van der Waals surface area (Å²) < 4.78 is 0. The molecular formula is C19H33IN4S. The number of nitrogens with one attached hydrogen (secondary N) is 2. The third-order valence-electron chi connectivity index (χ3n) is 4.50. The van der Waals surface area contributed by atoms with Crippen LogP contribution in [0.25, 0.3) is 0 Å². The number of halogens is 1. The van der Waals surface area contributed by atoms with Crippen LogP contribution in [-0.2, 0) is 6.54 Å². The van der Waals surface area contributed by atoms with Gasteiger partial charge in [0, 0.05) is 24.0 Å². The second-order valence-electron chi connectivity index (χ2n) is 6.76. The highest BCUT2D eigenvalue weighted by Crippen LogP contribution is 2.34.